The predicted octanol–water partition coefficient (Wildman–Crippen LogP) is 14.4. The first-order valence-corrected chi connectivity index (χ1v) is 19.2. The zero-order valence-electron chi connectivity index (χ0n) is 30.4. The van der Waals surface area contributed by atoms with Gasteiger partial charge in [-0.05, 0) is 101 Å². The first-order valence-electron chi connectivity index (χ1n) is 19.2. The molecule has 1 heteroatoms. The number of benzene rings is 9. The Kier molecular flexibility index (Phi) is 8.39. The molecule has 1 aliphatic carbocycles. The summed E-state index contributed by atoms with van der Waals surface area (Å²) >= 11 is 0. The molecule has 55 heavy (non-hydrogen) atoms. The van der Waals surface area contributed by atoms with Gasteiger partial charge in [-0.2, -0.15) is 0 Å². The van der Waals surface area contributed by atoms with E-state index in [0.717, 1.165) is 5.69 Å². The van der Waals surface area contributed by atoms with Crippen molar-refractivity contribution in [2.75, 3.05) is 5.32 Å². The predicted molar refractivity (Wildman–Crippen MR) is 235 cm³/mol. The van der Waals surface area contributed by atoms with Crippen LogP contribution in [0.2, 0.25) is 0 Å². The van der Waals surface area contributed by atoms with Crippen LogP contribution < -0.4 is 5.32 Å². The zero-order valence-corrected chi connectivity index (χ0v) is 30.4. The van der Waals surface area contributed by atoms with Crippen LogP contribution in [0.1, 0.15) is 17.0 Å². The Morgan fingerprint density at radius 1 is 0.364 bits per heavy atom. The maximum atomic E-state index is 4.05. The monoisotopic (exact) mass is 701 g/mol. The fourth-order valence-electron chi connectivity index (χ4n) is 8.49. The van der Waals surface area contributed by atoms with Gasteiger partial charge >= 0.3 is 0 Å². The van der Waals surface area contributed by atoms with Crippen LogP contribution in [-0.2, 0) is 0 Å². The second-order valence-corrected chi connectivity index (χ2v) is 14.5. The van der Waals surface area contributed by atoms with Crippen molar-refractivity contribution >= 4 is 43.6 Å². The summed E-state index contributed by atoms with van der Waals surface area (Å²) < 4.78 is 0. The molecule has 0 aliphatic heterocycles. The van der Waals surface area contributed by atoms with E-state index in [2.05, 4.69) is 224 Å². The van der Waals surface area contributed by atoms with Crippen molar-refractivity contribution < 1.29 is 0 Å². The summed E-state index contributed by atoms with van der Waals surface area (Å²) in [5, 5.41) is 11.7. The molecule has 1 aliphatic rings. The van der Waals surface area contributed by atoms with Crippen LogP contribution in [0, 0.1) is 0 Å². The summed E-state index contributed by atoms with van der Waals surface area (Å²) in [6, 6.07) is 72.6. The fraction of sp³-hybridized carbons (Fsp3) is 0.0370. The van der Waals surface area contributed by atoms with Crippen LogP contribution in [0.4, 0.5) is 5.69 Å². The summed E-state index contributed by atoms with van der Waals surface area (Å²) in [4.78, 5) is 0. The molecule has 0 saturated carbocycles. The van der Waals surface area contributed by atoms with Crippen molar-refractivity contribution in [3.05, 3.63) is 230 Å². The molecule has 10 rings (SSSR count). The largest absolute Gasteiger partial charge is 0.378 e. The summed E-state index contributed by atoms with van der Waals surface area (Å²) in [5.41, 5.74) is 12.2. The van der Waals surface area contributed by atoms with E-state index in [1.807, 2.05) is 0 Å². The number of allylic oxidation sites excluding steroid dienone is 2. The molecule has 2 atom stereocenters. The standard InChI is InChI=1S/C54H39N/c1-4-14-37(15-5-1)38-24-26-42(27-25-38)47-31-29-43(52-36-53-45-21-11-10-20-41(45)28-32-50(53)48-22-12-13-23-49(48)52)34-54(47)55-44-30-33-46(39-16-6-2-7-17-39)51(35-44)40-18-8-3-9-19-40/h1-36,47,54-55H. The highest BCUT2D eigenvalue weighted by molar-refractivity contribution is 6.20. The van der Waals surface area contributed by atoms with Crippen molar-refractivity contribution in [3.8, 4) is 33.4 Å². The Morgan fingerprint density at radius 2 is 0.945 bits per heavy atom. The quantitative estimate of drug-likeness (QED) is 0.163. The van der Waals surface area contributed by atoms with Crippen LogP contribution in [0.25, 0.3) is 71.3 Å². The average Bonchev–Trinajstić information content (AvgIpc) is 3.27. The van der Waals surface area contributed by atoms with E-state index in [-0.39, 0.29) is 12.0 Å². The number of hydrogen-bond donors (Lipinski definition) is 1. The van der Waals surface area contributed by atoms with Gasteiger partial charge in [0.25, 0.3) is 0 Å². The van der Waals surface area contributed by atoms with E-state index in [0.29, 0.717) is 0 Å². The van der Waals surface area contributed by atoms with Gasteiger partial charge in [0.15, 0.2) is 0 Å². The van der Waals surface area contributed by atoms with Crippen LogP contribution in [0.3, 0.4) is 0 Å². The van der Waals surface area contributed by atoms with Gasteiger partial charge < -0.3 is 5.32 Å². The highest BCUT2D eigenvalue weighted by atomic mass is 14.9. The van der Waals surface area contributed by atoms with E-state index in [9.17, 15) is 0 Å². The summed E-state index contributed by atoms with van der Waals surface area (Å²) in [6.45, 7) is 0. The van der Waals surface area contributed by atoms with Gasteiger partial charge in [0.1, 0.15) is 0 Å². The first kappa shape index (κ1) is 32.7. The third-order valence-electron chi connectivity index (χ3n) is 11.2. The minimum atomic E-state index is -0.00393. The first-order chi connectivity index (χ1) is 27.3. The topological polar surface area (TPSA) is 12.0 Å². The molecule has 2 unspecified atom stereocenters. The molecule has 9 aromatic rings. The van der Waals surface area contributed by atoms with Crippen LogP contribution in [0.5, 0.6) is 0 Å². The molecule has 260 valence electrons. The molecule has 0 radical (unpaired) electrons. The minimum absolute atomic E-state index is 0.00393. The smallest absolute Gasteiger partial charge is 0.0556 e. The van der Waals surface area contributed by atoms with Crippen molar-refractivity contribution in [1.29, 1.82) is 0 Å². The Balaban J connectivity index is 1.11. The molecule has 9 aromatic carbocycles. The lowest BCUT2D eigenvalue weighted by Gasteiger charge is -2.30. The van der Waals surface area contributed by atoms with Crippen molar-refractivity contribution in [2.24, 2.45) is 0 Å². The summed E-state index contributed by atoms with van der Waals surface area (Å²) in [7, 11) is 0. The van der Waals surface area contributed by atoms with Crippen molar-refractivity contribution in [3.63, 3.8) is 0 Å². The van der Waals surface area contributed by atoms with E-state index >= 15 is 0 Å². The minimum Gasteiger partial charge on any atom is -0.378 e. The second-order valence-electron chi connectivity index (χ2n) is 14.5. The normalized spacial score (nSPS) is 15.3. The molecule has 0 aromatic heterocycles. The molecule has 0 spiro atoms. The van der Waals surface area contributed by atoms with Crippen LogP contribution in [0.15, 0.2) is 218 Å². The molecule has 0 fully saturated rings. The molecule has 0 amide bonds. The van der Waals surface area contributed by atoms with Crippen molar-refractivity contribution in [2.45, 2.75) is 12.0 Å². The SMILES string of the molecule is C1=CC(c2ccc(-c3ccccc3)cc2)C(Nc2ccc(-c3ccccc3)c(-c3ccccc3)c2)C=C1c1cc2c3ccccc3ccc2c2ccccc12. The molecule has 1 N–H and O–H groups in total. The maximum Gasteiger partial charge on any atom is 0.0556 e. The van der Waals surface area contributed by atoms with E-state index in [4.69, 9.17) is 0 Å². The molecular formula is C54H39N. The molecule has 1 nitrogen and oxygen atoms in total. The van der Waals surface area contributed by atoms with Gasteiger partial charge in [-0.1, -0.05) is 200 Å². The van der Waals surface area contributed by atoms with Crippen LogP contribution in [-0.4, -0.2) is 6.04 Å². The lowest BCUT2D eigenvalue weighted by molar-refractivity contribution is 0.759. The maximum absolute atomic E-state index is 4.05. The van der Waals surface area contributed by atoms with Gasteiger partial charge in [0.05, 0.1) is 6.04 Å². The zero-order chi connectivity index (χ0) is 36.6. The molecule has 0 bridgehead atoms. The third-order valence-corrected chi connectivity index (χ3v) is 11.2. The number of anilines is 1. The number of nitrogens with one attached hydrogen (secondary N) is 1. The lowest BCUT2D eigenvalue weighted by atomic mass is 9.82. The van der Waals surface area contributed by atoms with Gasteiger partial charge in [-0.15, -0.1) is 0 Å². The Labute approximate surface area is 322 Å². The van der Waals surface area contributed by atoms with Gasteiger partial charge in [-0.3, -0.25) is 0 Å². The second kappa shape index (κ2) is 14.1. The van der Waals surface area contributed by atoms with E-state index in [1.165, 1.54) is 82.4 Å². The van der Waals surface area contributed by atoms with Gasteiger partial charge in [-0.25, -0.2) is 0 Å². The fourth-order valence-corrected chi connectivity index (χ4v) is 8.49. The van der Waals surface area contributed by atoms with Gasteiger partial charge in [0.2, 0.25) is 0 Å². The Bertz CT molecular complexity index is 2870. The highest BCUT2D eigenvalue weighted by Gasteiger charge is 2.25. The van der Waals surface area contributed by atoms with Crippen LogP contribution >= 0.6 is 0 Å². The van der Waals surface area contributed by atoms with E-state index in [1.54, 1.807) is 0 Å². The Hall–Kier alpha value is -6.96. The van der Waals surface area contributed by atoms with Crippen molar-refractivity contribution in [1.82, 2.24) is 0 Å². The molecular weight excluding hydrogens is 663 g/mol. The van der Waals surface area contributed by atoms with E-state index < -0.39 is 0 Å². The highest BCUT2D eigenvalue weighted by Crippen LogP contribution is 2.41. The molecule has 0 heterocycles. The van der Waals surface area contributed by atoms with Gasteiger partial charge in [0, 0.05) is 11.6 Å². The summed E-state index contributed by atoms with van der Waals surface area (Å²) in [5.74, 6) is 0.120. The lowest BCUT2D eigenvalue weighted by Crippen LogP contribution is -2.26. The Morgan fingerprint density at radius 3 is 1.67 bits per heavy atom. The number of fused-ring (bicyclic) bond motifs is 5. The average molecular weight is 702 g/mol. The molecule has 0 saturated heterocycles. The third kappa shape index (κ3) is 6.20. The number of hydrogen-bond acceptors (Lipinski definition) is 1. The number of rotatable bonds is 7. The summed E-state index contributed by atoms with van der Waals surface area (Å²) in [6.07, 6.45) is 7.21.